The lowest BCUT2D eigenvalue weighted by Gasteiger charge is -2.32. The van der Waals surface area contributed by atoms with Crippen LogP contribution in [0.5, 0.6) is 0 Å². The van der Waals surface area contributed by atoms with Crippen molar-refractivity contribution in [1.82, 2.24) is 10.2 Å². The van der Waals surface area contributed by atoms with Crippen molar-refractivity contribution in [2.24, 2.45) is 0 Å². The molecule has 0 aromatic carbocycles. The van der Waals surface area contributed by atoms with E-state index in [0.29, 0.717) is 30.6 Å². The quantitative estimate of drug-likeness (QED) is 0.683. The van der Waals surface area contributed by atoms with Gasteiger partial charge in [0, 0.05) is 31.2 Å². The van der Waals surface area contributed by atoms with E-state index in [0.717, 1.165) is 13.0 Å². The van der Waals surface area contributed by atoms with Crippen LogP contribution < -0.4 is 5.32 Å². The molecule has 2 heterocycles. The highest BCUT2D eigenvalue weighted by Crippen LogP contribution is 2.23. The Morgan fingerprint density at radius 2 is 1.87 bits per heavy atom. The molecular weight excluding hydrogens is 212 g/mol. The van der Waals surface area contributed by atoms with Crippen LogP contribution in [0.15, 0.2) is 0 Å². The van der Waals surface area contributed by atoms with Crippen molar-refractivity contribution in [2.45, 2.75) is 31.8 Å². The van der Waals surface area contributed by atoms with E-state index < -0.39 is 9.84 Å². The molecule has 0 aliphatic carbocycles. The maximum atomic E-state index is 11.3. The third-order valence-electron chi connectivity index (χ3n) is 3.46. The summed E-state index contributed by atoms with van der Waals surface area (Å²) in [6.45, 7) is 6.82. The Hall–Kier alpha value is -0.130. The number of nitrogens with one attached hydrogen (secondary N) is 1. The number of sulfone groups is 1. The van der Waals surface area contributed by atoms with Crippen LogP contribution >= 0.6 is 0 Å². The van der Waals surface area contributed by atoms with E-state index in [2.05, 4.69) is 24.1 Å². The lowest BCUT2D eigenvalue weighted by atomic mass is 10.0. The van der Waals surface area contributed by atoms with Gasteiger partial charge in [0.05, 0.1) is 11.5 Å². The van der Waals surface area contributed by atoms with Crippen molar-refractivity contribution in [1.29, 1.82) is 0 Å². The summed E-state index contributed by atoms with van der Waals surface area (Å²) in [4.78, 5) is 2.32. The second-order valence-electron chi connectivity index (χ2n) is 5.31. The van der Waals surface area contributed by atoms with Crippen LogP contribution in [0.1, 0.15) is 20.3 Å². The highest BCUT2D eigenvalue weighted by atomic mass is 32.2. The Labute approximate surface area is 91.9 Å². The van der Waals surface area contributed by atoms with Gasteiger partial charge < -0.3 is 5.32 Å². The standard InChI is InChI=1S/C10H20N2O2S/c1-10(2)7-9(8-11-10)12-3-5-15(13,14)6-4-12/h9,11H,3-8H2,1-2H3. The van der Waals surface area contributed by atoms with Crippen molar-refractivity contribution in [3.8, 4) is 0 Å². The minimum Gasteiger partial charge on any atom is -0.310 e. The maximum Gasteiger partial charge on any atom is 0.152 e. The molecule has 2 rings (SSSR count). The average Bonchev–Trinajstić information content (AvgIpc) is 2.46. The minimum atomic E-state index is -2.74. The predicted molar refractivity (Wildman–Crippen MR) is 60.7 cm³/mol. The summed E-state index contributed by atoms with van der Waals surface area (Å²) in [6.07, 6.45) is 1.12. The molecule has 15 heavy (non-hydrogen) atoms. The van der Waals surface area contributed by atoms with Crippen LogP contribution in [0.25, 0.3) is 0 Å². The molecule has 0 aromatic heterocycles. The highest BCUT2D eigenvalue weighted by Gasteiger charge is 2.35. The number of nitrogens with zero attached hydrogens (tertiary/aromatic N) is 1. The molecule has 1 N–H and O–H groups in total. The van der Waals surface area contributed by atoms with Gasteiger partial charge in [-0.2, -0.15) is 0 Å². The summed E-state index contributed by atoms with van der Waals surface area (Å²) in [7, 11) is -2.74. The fourth-order valence-electron chi connectivity index (χ4n) is 2.48. The molecule has 0 radical (unpaired) electrons. The fraction of sp³-hybridized carbons (Fsp3) is 1.00. The smallest absolute Gasteiger partial charge is 0.152 e. The zero-order chi connectivity index (χ0) is 11.1. The van der Waals surface area contributed by atoms with Crippen molar-refractivity contribution in [3.63, 3.8) is 0 Å². The van der Waals surface area contributed by atoms with Crippen LogP contribution in [-0.2, 0) is 9.84 Å². The monoisotopic (exact) mass is 232 g/mol. The number of hydrogen-bond acceptors (Lipinski definition) is 4. The highest BCUT2D eigenvalue weighted by molar-refractivity contribution is 7.91. The summed E-state index contributed by atoms with van der Waals surface area (Å²) >= 11 is 0. The summed E-state index contributed by atoms with van der Waals surface area (Å²) in [5.74, 6) is 0.674. The lowest BCUT2D eigenvalue weighted by Crippen LogP contribution is -2.46. The first-order valence-electron chi connectivity index (χ1n) is 5.57. The lowest BCUT2D eigenvalue weighted by molar-refractivity contribution is 0.218. The average molecular weight is 232 g/mol. The molecule has 2 aliphatic heterocycles. The molecule has 0 aromatic rings. The third kappa shape index (κ3) is 2.71. The fourth-order valence-corrected chi connectivity index (χ4v) is 3.71. The Morgan fingerprint density at radius 1 is 1.27 bits per heavy atom. The van der Waals surface area contributed by atoms with Crippen molar-refractivity contribution in [3.05, 3.63) is 0 Å². The molecule has 0 spiro atoms. The van der Waals surface area contributed by atoms with Crippen LogP contribution in [0.4, 0.5) is 0 Å². The normalized spacial score (nSPS) is 35.5. The first-order chi connectivity index (χ1) is 6.88. The van der Waals surface area contributed by atoms with Crippen molar-refractivity contribution in [2.75, 3.05) is 31.1 Å². The predicted octanol–water partition coefficient (Wildman–Crippen LogP) is -0.143. The zero-order valence-electron chi connectivity index (χ0n) is 9.49. The molecule has 5 heteroatoms. The van der Waals surface area contributed by atoms with Crippen LogP contribution in [0.3, 0.4) is 0 Å². The number of hydrogen-bond donors (Lipinski definition) is 1. The van der Waals surface area contributed by atoms with Crippen LogP contribution in [0.2, 0.25) is 0 Å². The van der Waals surface area contributed by atoms with Crippen LogP contribution in [0, 0.1) is 0 Å². The first kappa shape index (κ1) is 11.4. The second-order valence-corrected chi connectivity index (χ2v) is 7.61. The third-order valence-corrected chi connectivity index (χ3v) is 5.07. The molecule has 2 aliphatic rings. The molecule has 4 nitrogen and oxygen atoms in total. The largest absolute Gasteiger partial charge is 0.310 e. The molecule has 2 saturated heterocycles. The van der Waals surface area contributed by atoms with Gasteiger partial charge in [0.25, 0.3) is 0 Å². The van der Waals surface area contributed by atoms with E-state index in [-0.39, 0.29) is 5.54 Å². The molecule has 1 atom stereocenters. The summed E-state index contributed by atoms with van der Waals surface area (Å²) in [5, 5.41) is 3.47. The second kappa shape index (κ2) is 3.71. The topological polar surface area (TPSA) is 49.4 Å². The van der Waals surface area contributed by atoms with E-state index >= 15 is 0 Å². The zero-order valence-corrected chi connectivity index (χ0v) is 10.3. The molecule has 0 amide bonds. The van der Waals surface area contributed by atoms with E-state index in [1.54, 1.807) is 0 Å². The molecule has 0 saturated carbocycles. The minimum absolute atomic E-state index is 0.209. The van der Waals surface area contributed by atoms with Gasteiger partial charge in [0.2, 0.25) is 0 Å². The van der Waals surface area contributed by atoms with Gasteiger partial charge in [0.1, 0.15) is 0 Å². The Balaban J connectivity index is 1.92. The first-order valence-corrected chi connectivity index (χ1v) is 7.40. The summed E-state index contributed by atoms with van der Waals surface area (Å²) in [5.41, 5.74) is 0.209. The van der Waals surface area contributed by atoms with E-state index in [9.17, 15) is 8.42 Å². The molecular formula is C10H20N2O2S. The van der Waals surface area contributed by atoms with E-state index in [1.807, 2.05) is 0 Å². The number of rotatable bonds is 1. The molecule has 2 fully saturated rings. The van der Waals surface area contributed by atoms with Gasteiger partial charge in [-0.25, -0.2) is 8.42 Å². The molecule has 88 valence electrons. The molecule has 0 bridgehead atoms. The van der Waals surface area contributed by atoms with Gasteiger partial charge in [-0.1, -0.05) is 0 Å². The van der Waals surface area contributed by atoms with Gasteiger partial charge >= 0.3 is 0 Å². The van der Waals surface area contributed by atoms with E-state index in [4.69, 9.17) is 0 Å². The summed E-state index contributed by atoms with van der Waals surface area (Å²) in [6, 6.07) is 0.524. The Bertz CT molecular complexity index is 323. The van der Waals surface area contributed by atoms with Gasteiger partial charge in [-0.05, 0) is 20.3 Å². The van der Waals surface area contributed by atoms with Crippen molar-refractivity contribution >= 4 is 9.84 Å². The van der Waals surface area contributed by atoms with Crippen molar-refractivity contribution < 1.29 is 8.42 Å². The molecule has 1 unspecified atom stereocenters. The Kier molecular flexibility index (Phi) is 2.81. The van der Waals surface area contributed by atoms with E-state index in [1.165, 1.54) is 0 Å². The summed E-state index contributed by atoms with van der Waals surface area (Å²) < 4.78 is 22.6. The maximum absolute atomic E-state index is 11.3. The van der Waals surface area contributed by atoms with Crippen LogP contribution in [-0.4, -0.2) is 56.0 Å². The van der Waals surface area contributed by atoms with Gasteiger partial charge in [-0.15, -0.1) is 0 Å². The van der Waals surface area contributed by atoms with Gasteiger partial charge in [0.15, 0.2) is 9.84 Å². The SMILES string of the molecule is CC1(C)CC(N2CCS(=O)(=O)CC2)CN1. The Morgan fingerprint density at radius 3 is 2.33 bits per heavy atom. The van der Waals surface area contributed by atoms with Gasteiger partial charge in [-0.3, -0.25) is 4.90 Å².